The van der Waals surface area contributed by atoms with Crippen molar-refractivity contribution in [2.75, 3.05) is 0 Å². The van der Waals surface area contributed by atoms with Gasteiger partial charge in [-0.25, -0.2) is 4.98 Å². The average molecular weight is 317 g/mol. The van der Waals surface area contributed by atoms with Crippen molar-refractivity contribution in [3.63, 3.8) is 0 Å². The Morgan fingerprint density at radius 3 is 2.86 bits per heavy atom. The lowest BCUT2D eigenvalue weighted by atomic mass is 10.2. The van der Waals surface area contributed by atoms with Gasteiger partial charge in [0.1, 0.15) is 0 Å². The monoisotopic (exact) mass is 317 g/mol. The maximum atomic E-state index is 12.3. The quantitative estimate of drug-likeness (QED) is 0.857. The molecule has 1 N–H and O–H groups in total. The Labute approximate surface area is 135 Å². The third kappa shape index (κ3) is 3.14. The van der Waals surface area contributed by atoms with E-state index in [1.54, 1.807) is 11.8 Å². The van der Waals surface area contributed by atoms with Crippen molar-refractivity contribution in [1.82, 2.24) is 14.9 Å². The van der Waals surface area contributed by atoms with Gasteiger partial charge in [0.2, 0.25) is 5.91 Å². The Morgan fingerprint density at radius 1 is 1.41 bits per heavy atom. The molecular formula is C17H23N3OS. The Kier molecular flexibility index (Phi) is 4.71. The first-order chi connectivity index (χ1) is 10.7. The van der Waals surface area contributed by atoms with Gasteiger partial charge >= 0.3 is 0 Å². The molecule has 1 aliphatic rings. The minimum atomic E-state index is -0.122. The van der Waals surface area contributed by atoms with E-state index < -0.39 is 0 Å². The van der Waals surface area contributed by atoms with Gasteiger partial charge in [0, 0.05) is 12.6 Å². The summed E-state index contributed by atoms with van der Waals surface area (Å²) in [6, 6.07) is 8.51. The van der Waals surface area contributed by atoms with Gasteiger partial charge < -0.3 is 9.88 Å². The molecule has 3 rings (SSSR count). The number of thioether (sulfide) groups is 1. The summed E-state index contributed by atoms with van der Waals surface area (Å²) in [5, 5.41) is 3.98. The highest BCUT2D eigenvalue weighted by atomic mass is 32.2. The van der Waals surface area contributed by atoms with E-state index in [2.05, 4.69) is 27.9 Å². The van der Waals surface area contributed by atoms with Gasteiger partial charge in [0.15, 0.2) is 5.16 Å². The van der Waals surface area contributed by atoms with Crippen LogP contribution in [0.5, 0.6) is 0 Å². The molecule has 1 aliphatic carbocycles. The number of benzene rings is 1. The van der Waals surface area contributed by atoms with Gasteiger partial charge in [-0.05, 0) is 38.8 Å². The van der Waals surface area contributed by atoms with Crippen LogP contribution in [-0.2, 0) is 11.3 Å². The topological polar surface area (TPSA) is 46.9 Å². The Hall–Kier alpha value is -1.49. The summed E-state index contributed by atoms with van der Waals surface area (Å²) >= 11 is 1.55. The minimum absolute atomic E-state index is 0.122. The van der Waals surface area contributed by atoms with Gasteiger partial charge in [-0.3, -0.25) is 4.79 Å². The third-order valence-corrected chi connectivity index (χ3v) is 5.38. The number of rotatable bonds is 5. The summed E-state index contributed by atoms with van der Waals surface area (Å²) in [7, 11) is 0. The average Bonchev–Trinajstić information content (AvgIpc) is 3.13. The molecule has 22 heavy (non-hydrogen) atoms. The molecule has 1 aromatic heterocycles. The van der Waals surface area contributed by atoms with Crippen molar-refractivity contribution in [3.05, 3.63) is 24.3 Å². The first-order valence-electron chi connectivity index (χ1n) is 8.11. The normalized spacial score (nSPS) is 17.0. The number of para-hydroxylation sites is 2. The number of amides is 1. The molecule has 1 unspecified atom stereocenters. The molecule has 0 saturated heterocycles. The molecule has 4 nitrogen and oxygen atoms in total. The standard InChI is InChI=1S/C17H23N3OS/c1-3-20-15-11-7-6-10-14(15)19-17(20)22-12(2)16(21)18-13-8-4-5-9-13/h6-7,10-13H,3-5,8-9H2,1-2H3,(H,18,21). The number of aryl methyl sites for hydroxylation is 1. The highest BCUT2D eigenvalue weighted by Crippen LogP contribution is 2.27. The van der Waals surface area contributed by atoms with Crippen LogP contribution >= 0.6 is 11.8 Å². The number of nitrogens with one attached hydrogen (secondary N) is 1. The zero-order chi connectivity index (χ0) is 15.5. The summed E-state index contributed by atoms with van der Waals surface area (Å²) < 4.78 is 2.18. The van der Waals surface area contributed by atoms with Crippen molar-refractivity contribution in [2.45, 2.75) is 62.5 Å². The smallest absolute Gasteiger partial charge is 0.233 e. The molecule has 0 bridgehead atoms. The molecule has 118 valence electrons. The summed E-state index contributed by atoms with van der Waals surface area (Å²) in [5.74, 6) is 0.131. The van der Waals surface area contributed by atoms with Crippen LogP contribution in [0.1, 0.15) is 39.5 Å². The van der Waals surface area contributed by atoms with Crippen LogP contribution in [0.3, 0.4) is 0 Å². The van der Waals surface area contributed by atoms with Crippen molar-refractivity contribution < 1.29 is 4.79 Å². The Balaban J connectivity index is 1.72. The summed E-state index contributed by atoms with van der Waals surface area (Å²) in [4.78, 5) is 17.0. The van der Waals surface area contributed by atoms with Gasteiger partial charge in [-0.1, -0.05) is 36.7 Å². The number of imidazole rings is 1. The number of hydrogen-bond donors (Lipinski definition) is 1. The molecular weight excluding hydrogens is 294 g/mol. The summed E-state index contributed by atoms with van der Waals surface area (Å²) in [6.45, 7) is 4.94. The lowest BCUT2D eigenvalue weighted by Crippen LogP contribution is -2.37. The van der Waals surface area contributed by atoms with Crippen LogP contribution in [0.2, 0.25) is 0 Å². The van der Waals surface area contributed by atoms with Gasteiger partial charge in [0.25, 0.3) is 0 Å². The van der Waals surface area contributed by atoms with Gasteiger partial charge in [0.05, 0.1) is 16.3 Å². The molecule has 1 amide bonds. The molecule has 1 atom stereocenters. The zero-order valence-corrected chi connectivity index (χ0v) is 14.0. The van der Waals surface area contributed by atoms with Crippen LogP contribution < -0.4 is 5.32 Å². The summed E-state index contributed by atoms with van der Waals surface area (Å²) in [5.41, 5.74) is 2.13. The predicted octanol–water partition coefficient (Wildman–Crippen LogP) is 3.60. The highest BCUT2D eigenvalue weighted by Gasteiger charge is 2.23. The van der Waals surface area contributed by atoms with Crippen molar-refractivity contribution in [1.29, 1.82) is 0 Å². The second-order valence-electron chi connectivity index (χ2n) is 5.88. The van der Waals surface area contributed by atoms with Crippen LogP contribution in [-0.4, -0.2) is 26.8 Å². The number of nitrogens with zero attached hydrogens (tertiary/aromatic N) is 2. The minimum Gasteiger partial charge on any atom is -0.352 e. The fourth-order valence-electron chi connectivity index (χ4n) is 3.05. The third-order valence-electron chi connectivity index (χ3n) is 4.29. The number of hydrogen-bond acceptors (Lipinski definition) is 3. The van der Waals surface area contributed by atoms with E-state index >= 15 is 0 Å². The molecule has 2 aromatic rings. The van der Waals surface area contributed by atoms with E-state index in [9.17, 15) is 4.79 Å². The largest absolute Gasteiger partial charge is 0.352 e. The van der Waals surface area contributed by atoms with E-state index in [0.717, 1.165) is 35.6 Å². The second-order valence-corrected chi connectivity index (χ2v) is 7.19. The Bertz CT molecular complexity index is 661. The van der Waals surface area contributed by atoms with E-state index in [0.29, 0.717) is 6.04 Å². The van der Waals surface area contributed by atoms with Crippen LogP contribution in [0, 0.1) is 0 Å². The molecule has 0 aliphatic heterocycles. The number of fused-ring (bicyclic) bond motifs is 1. The SMILES string of the molecule is CCn1c(SC(C)C(=O)NC2CCCC2)nc2ccccc21. The molecule has 5 heteroatoms. The Morgan fingerprint density at radius 2 is 2.14 bits per heavy atom. The van der Waals surface area contributed by atoms with Gasteiger partial charge in [-0.15, -0.1) is 0 Å². The van der Waals surface area contributed by atoms with Crippen molar-refractivity contribution in [2.24, 2.45) is 0 Å². The number of carbonyl (C=O) groups excluding carboxylic acids is 1. The fourth-order valence-corrected chi connectivity index (χ4v) is 4.05. The van der Waals surface area contributed by atoms with E-state index in [-0.39, 0.29) is 11.2 Å². The first kappa shape index (κ1) is 15.4. The molecule has 1 fully saturated rings. The zero-order valence-electron chi connectivity index (χ0n) is 13.2. The van der Waals surface area contributed by atoms with E-state index in [1.807, 2.05) is 25.1 Å². The maximum Gasteiger partial charge on any atom is 0.233 e. The van der Waals surface area contributed by atoms with Crippen LogP contribution in [0.4, 0.5) is 0 Å². The van der Waals surface area contributed by atoms with E-state index in [4.69, 9.17) is 0 Å². The number of aromatic nitrogens is 2. The molecule has 1 heterocycles. The maximum absolute atomic E-state index is 12.3. The van der Waals surface area contributed by atoms with Crippen LogP contribution in [0.25, 0.3) is 11.0 Å². The fraction of sp³-hybridized carbons (Fsp3) is 0.529. The molecule has 1 saturated carbocycles. The van der Waals surface area contributed by atoms with Crippen molar-refractivity contribution >= 4 is 28.7 Å². The number of carbonyl (C=O) groups is 1. The van der Waals surface area contributed by atoms with Gasteiger partial charge in [-0.2, -0.15) is 0 Å². The lowest BCUT2D eigenvalue weighted by molar-refractivity contribution is -0.120. The van der Waals surface area contributed by atoms with E-state index in [1.165, 1.54) is 12.8 Å². The van der Waals surface area contributed by atoms with Crippen LogP contribution in [0.15, 0.2) is 29.4 Å². The first-order valence-corrected chi connectivity index (χ1v) is 8.99. The lowest BCUT2D eigenvalue weighted by Gasteiger charge is -2.16. The van der Waals surface area contributed by atoms with Crippen molar-refractivity contribution in [3.8, 4) is 0 Å². The molecule has 1 aromatic carbocycles. The second kappa shape index (κ2) is 6.73. The highest BCUT2D eigenvalue weighted by molar-refractivity contribution is 8.00. The molecule has 0 spiro atoms. The molecule has 0 radical (unpaired) electrons. The summed E-state index contributed by atoms with van der Waals surface area (Å²) in [6.07, 6.45) is 4.71. The predicted molar refractivity (Wildman–Crippen MR) is 91.1 cm³/mol.